The zero-order valence-electron chi connectivity index (χ0n) is 9.03. The highest BCUT2D eigenvalue weighted by Gasteiger charge is 2.26. The average molecular weight is 250 g/mol. The second kappa shape index (κ2) is 3.82. The first-order chi connectivity index (χ1) is 6.68. The van der Waals surface area contributed by atoms with Gasteiger partial charge in [0, 0.05) is 4.88 Å². The molecule has 86 valence electrons. The van der Waals surface area contributed by atoms with E-state index in [2.05, 4.69) is 9.71 Å². The molecule has 1 aromatic rings. The summed E-state index contributed by atoms with van der Waals surface area (Å²) in [5.74, 6) is 0. The predicted molar refractivity (Wildman–Crippen MR) is 58.3 cm³/mol. The van der Waals surface area contributed by atoms with E-state index in [4.69, 9.17) is 0 Å². The highest BCUT2D eigenvalue weighted by atomic mass is 32.2. The van der Waals surface area contributed by atoms with E-state index >= 15 is 0 Å². The SMILES string of the molecule is CNS(=O)(=O)c1nc(C(C)(C)O)c(C)s1. The molecule has 0 amide bonds. The quantitative estimate of drug-likeness (QED) is 0.822. The Hall–Kier alpha value is -0.500. The van der Waals surface area contributed by atoms with Crippen molar-refractivity contribution in [1.29, 1.82) is 0 Å². The molecule has 0 atom stereocenters. The van der Waals surface area contributed by atoms with Crippen LogP contribution in [0.15, 0.2) is 4.34 Å². The van der Waals surface area contributed by atoms with Crippen molar-refractivity contribution in [2.45, 2.75) is 30.7 Å². The van der Waals surface area contributed by atoms with Crippen LogP contribution >= 0.6 is 11.3 Å². The molecule has 1 aromatic heterocycles. The first-order valence-electron chi connectivity index (χ1n) is 4.32. The fourth-order valence-electron chi connectivity index (χ4n) is 1.14. The summed E-state index contributed by atoms with van der Waals surface area (Å²) in [5, 5.41) is 9.75. The van der Waals surface area contributed by atoms with Gasteiger partial charge >= 0.3 is 0 Å². The summed E-state index contributed by atoms with van der Waals surface area (Å²) in [7, 11) is -2.18. The van der Waals surface area contributed by atoms with Crippen molar-refractivity contribution in [2.24, 2.45) is 0 Å². The maximum absolute atomic E-state index is 11.4. The molecular weight excluding hydrogens is 236 g/mol. The van der Waals surface area contributed by atoms with Crippen LogP contribution in [0.2, 0.25) is 0 Å². The Kier molecular flexibility index (Phi) is 3.20. The van der Waals surface area contributed by atoms with Crippen molar-refractivity contribution in [1.82, 2.24) is 9.71 Å². The monoisotopic (exact) mass is 250 g/mol. The van der Waals surface area contributed by atoms with Gasteiger partial charge in [-0.1, -0.05) is 0 Å². The molecule has 0 aliphatic rings. The molecular formula is C8H14N2O3S2. The Morgan fingerprint density at radius 3 is 2.33 bits per heavy atom. The molecule has 0 saturated carbocycles. The number of thiazole rings is 1. The van der Waals surface area contributed by atoms with E-state index in [1.54, 1.807) is 20.8 Å². The van der Waals surface area contributed by atoms with E-state index in [1.807, 2.05) is 0 Å². The topological polar surface area (TPSA) is 79.3 Å². The minimum absolute atomic E-state index is 0.0142. The van der Waals surface area contributed by atoms with E-state index in [0.717, 1.165) is 11.3 Å². The van der Waals surface area contributed by atoms with Crippen molar-refractivity contribution >= 4 is 21.4 Å². The summed E-state index contributed by atoms with van der Waals surface area (Å²) >= 11 is 1.05. The number of nitrogens with one attached hydrogen (secondary N) is 1. The zero-order valence-corrected chi connectivity index (χ0v) is 10.7. The van der Waals surface area contributed by atoms with Crippen LogP contribution in [0, 0.1) is 6.92 Å². The van der Waals surface area contributed by atoms with Crippen molar-refractivity contribution < 1.29 is 13.5 Å². The summed E-state index contributed by atoms with van der Waals surface area (Å²) in [6, 6.07) is 0. The van der Waals surface area contributed by atoms with Gasteiger partial charge in [-0.3, -0.25) is 0 Å². The summed E-state index contributed by atoms with van der Waals surface area (Å²) in [5.41, 5.74) is -0.719. The molecule has 0 bridgehead atoms. The number of hydrogen-bond donors (Lipinski definition) is 2. The van der Waals surface area contributed by atoms with Gasteiger partial charge in [0.25, 0.3) is 10.0 Å². The highest BCUT2D eigenvalue weighted by Crippen LogP contribution is 2.29. The first kappa shape index (κ1) is 12.6. The van der Waals surface area contributed by atoms with E-state index < -0.39 is 15.6 Å². The van der Waals surface area contributed by atoms with E-state index in [-0.39, 0.29) is 4.34 Å². The Balaban J connectivity index is 3.30. The summed E-state index contributed by atoms with van der Waals surface area (Å²) < 4.78 is 25.1. The van der Waals surface area contributed by atoms with Gasteiger partial charge in [-0.05, 0) is 27.8 Å². The third-order valence-corrected chi connectivity index (χ3v) is 4.62. The largest absolute Gasteiger partial charge is 0.384 e. The normalized spacial score (nSPS) is 13.1. The second-order valence-electron chi connectivity index (χ2n) is 3.65. The molecule has 0 aromatic carbocycles. The van der Waals surface area contributed by atoms with Gasteiger partial charge in [0.1, 0.15) is 5.60 Å². The number of hydrogen-bond acceptors (Lipinski definition) is 5. The Morgan fingerprint density at radius 2 is 2.00 bits per heavy atom. The lowest BCUT2D eigenvalue weighted by Gasteiger charge is -2.14. The number of nitrogens with zero attached hydrogens (tertiary/aromatic N) is 1. The molecule has 1 rings (SSSR count). The average Bonchev–Trinajstić information content (AvgIpc) is 2.47. The molecule has 15 heavy (non-hydrogen) atoms. The number of aromatic nitrogens is 1. The van der Waals surface area contributed by atoms with Gasteiger partial charge in [0.2, 0.25) is 4.34 Å². The van der Waals surface area contributed by atoms with Gasteiger partial charge < -0.3 is 5.11 Å². The lowest BCUT2D eigenvalue weighted by atomic mass is 10.1. The number of rotatable bonds is 3. The van der Waals surface area contributed by atoms with Gasteiger partial charge in [0.05, 0.1) is 5.69 Å². The zero-order chi connectivity index (χ0) is 11.9. The summed E-state index contributed by atoms with van der Waals surface area (Å²) in [6.07, 6.45) is 0. The molecule has 0 spiro atoms. The van der Waals surface area contributed by atoms with Gasteiger partial charge in [-0.15, -0.1) is 11.3 Å². The van der Waals surface area contributed by atoms with E-state index in [9.17, 15) is 13.5 Å². The molecule has 0 radical (unpaired) electrons. The minimum Gasteiger partial charge on any atom is -0.384 e. The third kappa shape index (κ3) is 2.54. The Morgan fingerprint density at radius 1 is 1.47 bits per heavy atom. The fraction of sp³-hybridized carbons (Fsp3) is 0.625. The summed E-state index contributed by atoms with van der Waals surface area (Å²) in [6.45, 7) is 4.88. The highest BCUT2D eigenvalue weighted by molar-refractivity contribution is 7.91. The Bertz CT molecular complexity index is 457. The molecule has 1 heterocycles. The smallest absolute Gasteiger partial charge is 0.267 e. The van der Waals surface area contributed by atoms with Crippen LogP contribution in [0.5, 0.6) is 0 Å². The van der Waals surface area contributed by atoms with Gasteiger partial charge in [-0.2, -0.15) is 0 Å². The molecule has 7 heteroatoms. The van der Waals surface area contributed by atoms with Crippen LogP contribution < -0.4 is 4.72 Å². The molecule has 0 aliphatic heterocycles. The standard InChI is InChI=1S/C8H14N2O3S2/c1-5-6(8(2,3)11)10-7(14-5)15(12,13)9-4/h9,11H,1-4H3. The number of aliphatic hydroxyl groups is 1. The van der Waals surface area contributed by atoms with Gasteiger partial charge in [0.15, 0.2) is 0 Å². The fourth-order valence-corrected chi connectivity index (χ4v) is 3.38. The van der Waals surface area contributed by atoms with Crippen LogP contribution in [0.1, 0.15) is 24.4 Å². The molecule has 5 nitrogen and oxygen atoms in total. The van der Waals surface area contributed by atoms with Crippen LogP contribution in [0.4, 0.5) is 0 Å². The van der Waals surface area contributed by atoms with Crippen LogP contribution in [-0.4, -0.2) is 25.6 Å². The molecule has 0 unspecified atom stereocenters. The maximum Gasteiger partial charge on any atom is 0.267 e. The first-order valence-corrected chi connectivity index (χ1v) is 6.62. The second-order valence-corrected chi connectivity index (χ2v) is 6.91. The van der Waals surface area contributed by atoms with Crippen molar-refractivity contribution in [3.05, 3.63) is 10.6 Å². The van der Waals surface area contributed by atoms with E-state index in [1.165, 1.54) is 7.05 Å². The molecule has 0 saturated heterocycles. The van der Waals surface area contributed by atoms with Crippen LogP contribution in [0.3, 0.4) is 0 Å². The summed E-state index contributed by atoms with van der Waals surface area (Å²) in [4.78, 5) is 4.65. The predicted octanol–water partition coefficient (Wildman–Crippen LogP) is 0.587. The minimum atomic E-state index is -3.51. The van der Waals surface area contributed by atoms with Crippen molar-refractivity contribution in [2.75, 3.05) is 7.05 Å². The van der Waals surface area contributed by atoms with Crippen molar-refractivity contribution in [3.63, 3.8) is 0 Å². The lowest BCUT2D eigenvalue weighted by molar-refractivity contribution is 0.0734. The number of sulfonamides is 1. The van der Waals surface area contributed by atoms with Gasteiger partial charge in [-0.25, -0.2) is 18.1 Å². The molecule has 0 aliphatic carbocycles. The maximum atomic E-state index is 11.4. The van der Waals surface area contributed by atoms with E-state index in [0.29, 0.717) is 10.6 Å². The number of aryl methyl sites for hydroxylation is 1. The molecule has 2 N–H and O–H groups in total. The van der Waals surface area contributed by atoms with Crippen LogP contribution in [-0.2, 0) is 15.6 Å². The van der Waals surface area contributed by atoms with Crippen LogP contribution in [0.25, 0.3) is 0 Å². The third-order valence-electron chi connectivity index (χ3n) is 1.86. The lowest BCUT2D eigenvalue weighted by Crippen LogP contribution is -2.20. The van der Waals surface area contributed by atoms with Crippen molar-refractivity contribution in [3.8, 4) is 0 Å². The Labute approximate surface area is 93.2 Å². The molecule has 0 fully saturated rings.